The Morgan fingerprint density at radius 1 is 1.19 bits per heavy atom. The van der Waals surface area contributed by atoms with Gasteiger partial charge in [0, 0.05) is 37.9 Å². The Bertz CT molecular complexity index is 918. The summed E-state index contributed by atoms with van der Waals surface area (Å²) in [5.41, 5.74) is 0.927. The zero-order valence-electron chi connectivity index (χ0n) is 18.1. The smallest absolute Gasteiger partial charge is 0.406 e. The summed E-state index contributed by atoms with van der Waals surface area (Å²) in [6, 6.07) is 6.93. The summed E-state index contributed by atoms with van der Waals surface area (Å²) < 4.78 is 43.7. The van der Waals surface area contributed by atoms with Crippen LogP contribution in [0.15, 0.2) is 36.8 Å². The van der Waals surface area contributed by atoms with Crippen LogP contribution in [-0.2, 0) is 13.6 Å². The molecule has 1 amide bonds. The van der Waals surface area contributed by atoms with Crippen molar-refractivity contribution in [3.05, 3.63) is 48.0 Å². The molecule has 0 saturated heterocycles. The third-order valence-electron chi connectivity index (χ3n) is 6.38. The number of hydrogen-bond acceptors (Lipinski definition) is 4. The van der Waals surface area contributed by atoms with E-state index in [1.165, 1.54) is 37.5 Å². The van der Waals surface area contributed by atoms with Crippen LogP contribution in [0.4, 0.5) is 13.2 Å². The summed E-state index contributed by atoms with van der Waals surface area (Å²) in [7, 11) is 1.80. The molecule has 2 aliphatic rings. The first-order valence-electron chi connectivity index (χ1n) is 11.2. The zero-order chi connectivity index (χ0) is 22.7. The van der Waals surface area contributed by atoms with E-state index in [-0.39, 0.29) is 24.2 Å². The largest absolute Gasteiger partial charge is 0.573 e. The van der Waals surface area contributed by atoms with Gasteiger partial charge in [-0.05, 0) is 56.2 Å². The highest BCUT2D eigenvalue weighted by molar-refractivity contribution is 5.92. The Balaban J connectivity index is 1.48. The number of aryl methyl sites for hydroxylation is 1. The van der Waals surface area contributed by atoms with Crippen LogP contribution in [0.5, 0.6) is 5.75 Å². The summed E-state index contributed by atoms with van der Waals surface area (Å²) in [5, 5.41) is 3.72. The summed E-state index contributed by atoms with van der Waals surface area (Å²) in [6.07, 6.45) is 5.90. The average Bonchev–Trinajstić information content (AvgIpc) is 3.14. The molecule has 0 aliphatic heterocycles. The molecule has 2 saturated carbocycles. The number of nitrogens with one attached hydrogen (secondary N) is 1. The van der Waals surface area contributed by atoms with Crippen LogP contribution in [0.2, 0.25) is 0 Å². The quantitative estimate of drug-likeness (QED) is 0.679. The molecule has 0 bridgehead atoms. The molecule has 174 valence electrons. The standard InChI is InChI=1S/C23H29F3N4O2/c1-29-14-21(27-15-29)22(31)30(13-16-4-2-7-20(12-16)32-23(24,25)26)19-10-8-18(9-11-19)28-17-5-3-6-17/h2,4,7,12,14-15,17-19,28H,3,5-6,8-11,13H2,1H3. The van der Waals surface area contributed by atoms with Gasteiger partial charge < -0.3 is 19.5 Å². The van der Waals surface area contributed by atoms with Crippen LogP contribution < -0.4 is 10.1 Å². The molecule has 1 heterocycles. The van der Waals surface area contributed by atoms with Crippen LogP contribution in [0.1, 0.15) is 61.0 Å². The molecule has 6 nitrogen and oxygen atoms in total. The van der Waals surface area contributed by atoms with Crippen molar-refractivity contribution in [2.24, 2.45) is 7.05 Å². The lowest BCUT2D eigenvalue weighted by Gasteiger charge is -2.39. The number of alkyl halides is 3. The van der Waals surface area contributed by atoms with E-state index in [1.807, 2.05) is 0 Å². The second-order valence-electron chi connectivity index (χ2n) is 8.85. The fraction of sp³-hybridized carbons (Fsp3) is 0.565. The van der Waals surface area contributed by atoms with E-state index in [9.17, 15) is 18.0 Å². The Morgan fingerprint density at radius 2 is 1.91 bits per heavy atom. The molecular weight excluding hydrogens is 421 g/mol. The third-order valence-corrected chi connectivity index (χ3v) is 6.38. The lowest BCUT2D eigenvalue weighted by atomic mass is 9.86. The van der Waals surface area contributed by atoms with Crippen molar-refractivity contribution in [3.8, 4) is 5.75 Å². The monoisotopic (exact) mass is 450 g/mol. The van der Waals surface area contributed by atoms with Crippen molar-refractivity contribution in [2.75, 3.05) is 0 Å². The molecule has 0 spiro atoms. The molecule has 1 N–H and O–H groups in total. The minimum absolute atomic E-state index is 0.0103. The van der Waals surface area contributed by atoms with Crippen molar-refractivity contribution in [1.82, 2.24) is 19.8 Å². The zero-order valence-corrected chi connectivity index (χ0v) is 18.1. The fourth-order valence-corrected chi connectivity index (χ4v) is 4.54. The number of halogens is 3. The number of benzene rings is 1. The van der Waals surface area contributed by atoms with Gasteiger partial charge in [-0.3, -0.25) is 4.79 Å². The first-order valence-corrected chi connectivity index (χ1v) is 11.2. The number of hydrogen-bond donors (Lipinski definition) is 1. The van der Waals surface area contributed by atoms with E-state index in [4.69, 9.17) is 0 Å². The van der Waals surface area contributed by atoms with Gasteiger partial charge in [0.15, 0.2) is 0 Å². The summed E-state index contributed by atoms with van der Waals surface area (Å²) in [4.78, 5) is 19.3. The Kier molecular flexibility index (Phi) is 6.74. The predicted octanol–water partition coefficient (Wildman–Crippen LogP) is 4.41. The minimum atomic E-state index is -4.76. The molecule has 9 heteroatoms. The van der Waals surface area contributed by atoms with E-state index in [1.54, 1.807) is 35.1 Å². The van der Waals surface area contributed by atoms with Crippen molar-refractivity contribution in [3.63, 3.8) is 0 Å². The van der Waals surface area contributed by atoms with Crippen molar-refractivity contribution in [2.45, 2.75) is 76.0 Å². The SMILES string of the molecule is Cn1cnc(C(=O)N(Cc2cccc(OC(F)(F)F)c2)C2CCC(NC3CCC3)CC2)c1. The second kappa shape index (κ2) is 9.52. The molecule has 0 unspecified atom stereocenters. The van der Waals surface area contributed by atoms with Gasteiger partial charge in [0.2, 0.25) is 0 Å². The molecule has 32 heavy (non-hydrogen) atoms. The highest BCUT2D eigenvalue weighted by Gasteiger charge is 2.33. The number of rotatable bonds is 7. The van der Waals surface area contributed by atoms with E-state index < -0.39 is 6.36 Å². The summed E-state index contributed by atoms with van der Waals surface area (Å²) >= 11 is 0. The molecule has 2 aromatic rings. The van der Waals surface area contributed by atoms with Gasteiger partial charge >= 0.3 is 6.36 Å². The van der Waals surface area contributed by atoms with Crippen molar-refractivity contribution >= 4 is 5.91 Å². The Morgan fingerprint density at radius 3 is 2.50 bits per heavy atom. The van der Waals surface area contributed by atoms with Gasteiger partial charge in [0.05, 0.1) is 6.33 Å². The van der Waals surface area contributed by atoms with Crippen LogP contribution in [-0.4, -0.2) is 44.8 Å². The molecular formula is C23H29F3N4O2. The highest BCUT2D eigenvalue weighted by Crippen LogP contribution is 2.29. The fourth-order valence-electron chi connectivity index (χ4n) is 4.54. The van der Waals surface area contributed by atoms with Gasteiger partial charge in [0.1, 0.15) is 11.4 Å². The normalized spacial score (nSPS) is 21.8. The number of carbonyl (C=O) groups excluding carboxylic acids is 1. The maximum atomic E-state index is 13.3. The van der Waals surface area contributed by atoms with Crippen LogP contribution >= 0.6 is 0 Å². The first kappa shape index (κ1) is 22.6. The van der Waals surface area contributed by atoms with Crippen LogP contribution in [0, 0.1) is 0 Å². The van der Waals surface area contributed by atoms with Crippen LogP contribution in [0.3, 0.4) is 0 Å². The van der Waals surface area contributed by atoms with Crippen molar-refractivity contribution < 1.29 is 22.7 Å². The van der Waals surface area contributed by atoms with Gasteiger partial charge in [-0.15, -0.1) is 13.2 Å². The third kappa shape index (κ3) is 5.82. The van der Waals surface area contributed by atoms with E-state index >= 15 is 0 Å². The lowest BCUT2D eigenvalue weighted by Crippen LogP contribution is -2.48. The topological polar surface area (TPSA) is 59.4 Å². The molecule has 0 atom stereocenters. The molecule has 0 radical (unpaired) electrons. The number of amides is 1. The first-order chi connectivity index (χ1) is 15.3. The Hall–Kier alpha value is -2.55. The molecule has 4 rings (SSSR count). The van der Waals surface area contributed by atoms with Gasteiger partial charge in [-0.25, -0.2) is 4.98 Å². The van der Waals surface area contributed by atoms with E-state index in [2.05, 4.69) is 15.0 Å². The molecule has 1 aromatic heterocycles. The maximum Gasteiger partial charge on any atom is 0.573 e. The summed E-state index contributed by atoms with van der Waals surface area (Å²) in [5.74, 6) is -0.489. The molecule has 2 fully saturated rings. The predicted molar refractivity (Wildman–Crippen MR) is 113 cm³/mol. The van der Waals surface area contributed by atoms with Gasteiger partial charge in [0.25, 0.3) is 5.91 Å². The number of nitrogens with zero attached hydrogens (tertiary/aromatic N) is 3. The van der Waals surface area contributed by atoms with Crippen molar-refractivity contribution in [1.29, 1.82) is 0 Å². The summed E-state index contributed by atoms with van der Waals surface area (Å²) in [6.45, 7) is 0.204. The number of imidazole rings is 1. The lowest BCUT2D eigenvalue weighted by molar-refractivity contribution is -0.274. The minimum Gasteiger partial charge on any atom is -0.406 e. The Labute approximate surface area is 185 Å². The number of aromatic nitrogens is 2. The number of carbonyl (C=O) groups is 1. The van der Waals surface area contributed by atoms with Gasteiger partial charge in [-0.2, -0.15) is 0 Å². The number of ether oxygens (including phenoxy) is 1. The van der Waals surface area contributed by atoms with Gasteiger partial charge in [-0.1, -0.05) is 18.6 Å². The van der Waals surface area contributed by atoms with Crippen LogP contribution in [0.25, 0.3) is 0 Å². The second-order valence-corrected chi connectivity index (χ2v) is 8.85. The highest BCUT2D eigenvalue weighted by atomic mass is 19.4. The van der Waals surface area contributed by atoms with E-state index in [0.29, 0.717) is 23.3 Å². The maximum absolute atomic E-state index is 13.3. The molecule has 1 aromatic carbocycles. The average molecular weight is 451 g/mol. The van der Waals surface area contributed by atoms with E-state index in [0.717, 1.165) is 25.7 Å². The molecule has 2 aliphatic carbocycles.